The van der Waals surface area contributed by atoms with Gasteiger partial charge in [-0.1, -0.05) is 20.8 Å². The molecule has 1 amide bonds. The van der Waals surface area contributed by atoms with Gasteiger partial charge in [0.2, 0.25) is 11.7 Å². The van der Waals surface area contributed by atoms with E-state index in [2.05, 4.69) is 31.1 Å². The summed E-state index contributed by atoms with van der Waals surface area (Å²) >= 11 is 1.54. The Labute approximate surface area is 132 Å². The summed E-state index contributed by atoms with van der Waals surface area (Å²) in [6.45, 7) is 6.38. The second-order valence-corrected chi connectivity index (χ2v) is 6.78. The van der Waals surface area contributed by atoms with Gasteiger partial charge in [0.1, 0.15) is 5.76 Å². The van der Waals surface area contributed by atoms with Crippen molar-refractivity contribution in [3.63, 3.8) is 0 Å². The molecule has 2 aromatic heterocycles. The lowest BCUT2D eigenvalue weighted by Gasteiger charge is -2.13. The van der Waals surface area contributed by atoms with Crippen molar-refractivity contribution in [3.05, 3.63) is 39.7 Å². The van der Waals surface area contributed by atoms with Crippen LogP contribution >= 0.6 is 11.3 Å². The monoisotopic (exact) mass is 322 g/mol. The molecular formula is C15H18N2O4S. The molecule has 2 rings (SSSR count). The van der Waals surface area contributed by atoms with Crippen LogP contribution in [-0.2, 0) is 23.2 Å². The standard InChI is InChI=1S/C15H18N2O4S/c1-15(2,3)14-17-9(8-22-14)6-12(18)16-7-10-4-5-11(21-10)13(19)20/h4-5,8H,6-7H2,1-3H3,(H,16,18)(H,19,20). The van der Waals surface area contributed by atoms with Crippen LogP contribution in [0.1, 0.15) is 47.8 Å². The third-order valence-corrected chi connectivity index (χ3v) is 4.18. The molecule has 6 nitrogen and oxygen atoms in total. The largest absolute Gasteiger partial charge is 0.475 e. The minimum absolute atomic E-state index is 0.0270. The van der Waals surface area contributed by atoms with E-state index in [-0.39, 0.29) is 30.0 Å². The Balaban J connectivity index is 1.87. The maximum atomic E-state index is 11.9. The van der Waals surface area contributed by atoms with E-state index in [9.17, 15) is 9.59 Å². The fourth-order valence-corrected chi connectivity index (χ4v) is 2.64. The van der Waals surface area contributed by atoms with Crippen LogP contribution in [0.15, 0.2) is 21.9 Å². The van der Waals surface area contributed by atoms with Crippen molar-refractivity contribution in [2.24, 2.45) is 0 Å². The van der Waals surface area contributed by atoms with Gasteiger partial charge in [0.15, 0.2) is 0 Å². The molecule has 0 saturated heterocycles. The quantitative estimate of drug-likeness (QED) is 0.882. The number of nitrogens with zero attached hydrogens (tertiary/aromatic N) is 1. The second kappa shape index (κ2) is 6.31. The van der Waals surface area contributed by atoms with E-state index in [0.29, 0.717) is 5.76 Å². The molecule has 2 aromatic rings. The Morgan fingerprint density at radius 3 is 2.64 bits per heavy atom. The Morgan fingerprint density at radius 1 is 1.36 bits per heavy atom. The normalized spacial score (nSPS) is 11.4. The van der Waals surface area contributed by atoms with Crippen LogP contribution in [0.25, 0.3) is 0 Å². The SMILES string of the molecule is CC(C)(C)c1nc(CC(=O)NCc2ccc(C(=O)O)o2)cs1. The highest BCUT2D eigenvalue weighted by Gasteiger charge is 2.18. The van der Waals surface area contributed by atoms with Gasteiger partial charge >= 0.3 is 5.97 Å². The number of aromatic carboxylic acids is 1. The van der Waals surface area contributed by atoms with E-state index in [1.807, 2.05) is 5.38 Å². The fourth-order valence-electron chi connectivity index (χ4n) is 1.73. The maximum absolute atomic E-state index is 11.9. The first kappa shape index (κ1) is 16.2. The van der Waals surface area contributed by atoms with Gasteiger partial charge in [-0.3, -0.25) is 4.79 Å². The molecular weight excluding hydrogens is 304 g/mol. The number of rotatable bonds is 5. The molecule has 0 fully saturated rings. The number of hydrogen-bond acceptors (Lipinski definition) is 5. The summed E-state index contributed by atoms with van der Waals surface area (Å²) in [6.07, 6.45) is 0.194. The lowest BCUT2D eigenvalue weighted by Crippen LogP contribution is -2.24. The molecule has 0 aliphatic rings. The van der Waals surface area contributed by atoms with Crippen molar-refractivity contribution in [3.8, 4) is 0 Å². The minimum atomic E-state index is -1.13. The van der Waals surface area contributed by atoms with E-state index < -0.39 is 5.97 Å². The number of thiazole rings is 1. The van der Waals surface area contributed by atoms with Crippen molar-refractivity contribution in [1.29, 1.82) is 0 Å². The molecule has 118 valence electrons. The summed E-state index contributed by atoms with van der Waals surface area (Å²) in [4.78, 5) is 27.0. The average Bonchev–Trinajstić information content (AvgIpc) is 3.04. The van der Waals surface area contributed by atoms with Crippen LogP contribution in [0.5, 0.6) is 0 Å². The number of hydrogen-bond donors (Lipinski definition) is 2. The van der Waals surface area contributed by atoms with Crippen molar-refractivity contribution < 1.29 is 19.1 Å². The maximum Gasteiger partial charge on any atom is 0.371 e. The molecule has 0 aliphatic carbocycles. The number of furan rings is 1. The summed E-state index contributed by atoms with van der Waals surface area (Å²) in [5.74, 6) is -1.05. The Kier molecular flexibility index (Phi) is 4.65. The number of carboxylic acid groups (broad SMARTS) is 1. The van der Waals surface area contributed by atoms with Crippen LogP contribution in [0, 0.1) is 0 Å². The summed E-state index contributed by atoms with van der Waals surface area (Å²) in [6, 6.07) is 2.89. The van der Waals surface area contributed by atoms with Gasteiger partial charge in [-0.05, 0) is 12.1 Å². The summed E-state index contributed by atoms with van der Waals surface area (Å²) in [7, 11) is 0. The van der Waals surface area contributed by atoms with Crippen LogP contribution in [-0.4, -0.2) is 22.0 Å². The summed E-state index contributed by atoms with van der Waals surface area (Å²) in [5, 5.41) is 14.3. The van der Waals surface area contributed by atoms with Crippen LogP contribution in [0.2, 0.25) is 0 Å². The third-order valence-electron chi connectivity index (χ3n) is 2.87. The van der Waals surface area contributed by atoms with Gasteiger partial charge in [0.25, 0.3) is 0 Å². The zero-order valence-corrected chi connectivity index (χ0v) is 13.5. The molecule has 2 heterocycles. The molecule has 0 saturated carbocycles. The lowest BCUT2D eigenvalue weighted by molar-refractivity contribution is -0.120. The number of carbonyl (C=O) groups is 2. The highest BCUT2D eigenvalue weighted by Crippen LogP contribution is 2.25. The highest BCUT2D eigenvalue weighted by molar-refractivity contribution is 7.09. The predicted octanol–water partition coefficient (Wildman–Crippen LogP) is 2.59. The first-order valence-corrected chi connectivity index (χ1v) is 7.67. The molecule has 0 radical (unpaired) electrons. The number of amides is 1. The van der Waals surface area contributed by atoms with Crippen molar-refractivity contribution in [2.45, 2.75) is 39.2 Å². The van der Waals surface area contributed by atoms with Gasteiger partial charge in [-0.15, -0.1) is 11.3 Å². The van der Waals surface area contributed by atoms with Crippen molar-refractivity contribution in [2.75, 3.05) is 0 Å². The number of nitrogens with one attached hydrogen (secondary N) is 1. The molecule has 0 aliphatic heterocycles. The van der Waals surface area contributed by atoms with Gasteiger partial charge in [0, 0.05) is 10.8 Å². The van der Waals surface area contributed by atoms with Gasteiger partial charge < -0.3 is 14.8 Å². The van der Waals surface area contributed by atoms with Crippen molar-refractivity contribution >= 4 is 23.2 Å². The van der Waals surface area contributed by atoms with Gasteiger partial charge in [-0.25, -0.2) is 9.78 Å². The zero-order valence-electron chi connectivity index (χ0n) is 12.7. The third kappa shape index (κ3) is 4.17. The van der Waals surface area contributed by atoms with E-state index in [1.54, 1.807) is 11.3 Å². The average molecular weight is 322 g/mol. The first-order chi connectivity index (χ1) is 10.3. The minimum Gasteiger partial charge on any atom is -0.475 e. The van der Waals surface area contributed by atoms with E-state index >= 15 is 0 Å². The number of carboxylic acids is 1. The number of aromatic nitrogens is 1. The molecule has 0 spiro atoms. The molecule has 0 atom stereocenters. The highest BCUT2D eigenvalue weighted by atomic mass is 32.1. The smallest absolute Gasteiger partial charge is 0.371 e. The fraction of sp³-hybridized carbons (Fsp3) is 0.400. The molecule has 7 heteroatoms. The first-order valence-electron chi connectivity index (χ1n) is 6.79. The molecule has 0 bridgehead atoms. The lowest BCUT2D eigenvalue weighted by atomic mass is 9.98. The zero-order chi connectivity index (χ0) is 16.3. The second-order valence-electron chi connectivity index (χ2n) is 5.92. The van der Waals surface area contributed by atoms with Gasteiger partial charge in [0.05, 0.1) is 23.7 Å². The van der Waals surface area contributed by atoms with Crippen LogP contribution in [0.4, 0.5) is 0 Å². The Morgan fingerprint density at radius 2 is 2.09 bits per heavy atom. The Bertz CT molecular complexity index is 682. The van der Waals surface area contributed by atoms with E-state index in [4.69, 9.17) is 9.52 Å². The summed E-state index contributed by atoms with van der Waals surface area (Å²) < 4.78 is 5.07. The van der Waals surface area contributed by atoms with E-state index in [0.717, 1.165) is 10.7 Å². The topological polar surface area (TPSA) is 92.4 Å². The summed E-state index contributed by atoms with van der Waals surface area (Å²) in [5.41, 5.74) is 0.707. The van der Waals surface area contributed by atoms with E-state index in [1.165, 1.54) is 12.1 Å². The molecule has 0 aromatic carbocycles. The van der Waals surface area contributed by atoms with Crippen LogP contribution < -0.4 is 5.32 Å². The molecule has 2 N–H and O–H groups in total. The molecule has 0 unspecified atom stereocenters. The van der Waals surface area contributed by atoms with Gasteiger partial charge in [-0.2, -0.15) is 0 Å². The van der Waals surface area contributed by atoms with Crippen LogP contribution in [0.3, 0.4) is 0 Å². The number of carbonyl (C=O) groups excluding carboxylic acids is 1. The van der Waals surface area contributed by atoms with Crippen molar-refractivity contribution in [1.82, 2.24) is 10.3 Å². The predicted molar refractivity (Wildman–Crippen MR) is 82.0 cm³/mol. The Hall–Kier alpha value is -2.15. The molecule has 22 heavy (non-hydrogen) atoms.